The topological polar surface area (TPSA) is 75.6 Å². The lowest BCUT2D eigenvalue weighted by molar-refractivity contribution is -0.143. The van der Waals surface area contributed by atoms with Crippen LogP contribution in [-0.4, -0.2) is 36.2 Å². The Kier molecular flexibility index (Phi) is 3.68. The summed E-state index contributed by atoms with van der Waals surface area (Å²) in [6.45, 7) is 2.40. The fourth-order valence-corrected chi connectivity index (χ4v) is 1.50. The molecule has 1 amide bonds. The van der Waals surface area contributed by atoms with Gasteiger partial charge in [0, 0.05) is 20.1 Å². The second-order valence-electron chi connectivity index (χ2n) is 4.20. The van der Waals surface area contributed by atoms with Crippen LogP contribution >= 0.6 is 0 Å². The molecule has 1 aliphatic carbocycles. The van der Waals surface area contributed by atoms with Gasteiger partial charge >= 0.3 is 5.97 Å². The predicted molar refractivity (Wildman–Crippen MR) is 53.4 cm³/mol. The van der Waals surface area contributed by atoms with E-state index in [9.17, 15) is 9.59 Å². The average molecular weight is 215 g/mol. The summed E-state index contributed by atoms with van der Waals surface area (Å²) in [4.78, 5) is 22.2. The van der Waals surface area contributed by atoms with Crippen LogP contribution in [0, 0.1) is 5.92 Å². The molecule has 5 nitrogen and oxygen atoms in total. The summed E-state index contributed by atoms with van der Waals surface area (Å²) in [7, 11) is 1.58. The molecule has 0 heterocycles. The fraction of sp³-hybridized carbons (Fsp3) is 0.800. The van der Waals surface area contributed by atoms with E-state index in [1.807, 2.05) is 6.92 Å². The second-order valence-corrected chi connectivity index (χ2v) is 4.20. The van der Waals surface area contributed by atoms with E-state index in [0.717, 1.165) is 0 Å². The first kappa shape index (κ1) is 12.0. The summed E-state index contributed by atoms with van der Waals surface area (Å²) in [5.74, 6) is -1.03. The normalized spacial score (nSPS) is 19.3. The molecule has 0 aromatic heterocycles. The zero-order chi connectivity index (χ0) is 11.5. The first-order valence-electron chi connectivity index (χ1n) is 5.03. The number of carboxylic acids is 1. The minimum atomic E-state index is -0.968. The van der Waals surface area contributed by atoms with E-state index < -0.39 is 11.5 Å². The highest BCUT2D eigenvalue weighted by Crippen LogP contribution is 2.35. The Balaban J connectivity index is 2.33. The van der Waals surface area contributed by atoms with Gasteiger partial charge in [-0.05, 0) is 18.8 Å². The van der Waals surface area contributed by atoms with Crippen LogP contribution in [0.1, 0.15) is 26.2 Å². The summed E-state index contributed by atoms with van der Waals surface area (Å²) in [5.41, 5.74) is -0.968. The van der Waals surface area contributed by atoms with E-state index in [-0.39, 0.29) is 11.8 Å². The molecule has 0 bridgehead atoms. The van der Waals surface area contributed by atoms with Crippen LogP contribution in [0.5, 0.6) is 0 Å². The zero-order valence-corrected chi connectivity index (χ0v) is 9.08. The van der Waals surface area contributed by atoms with Crippen molar-refractivity contribution in [3.05, 3.63) is 0 Å². The molecular weight excluding hydrogens is 198 g/mol. The number of ether oxygens (including phenoxy) is 1. The van der Waals surface area contributed by atoms with E-state index in [2.05, 4.69) is 5.32 Å². The Morgan fingerprint density at radius 1 is 1.53 bits per heavy atom. The summed E-state index contributed by atoms with van der Waals surface area (Å²) >= 11 is 0. The summed E-state index contributed by atoms with van der Waals surface area (Å²) in [5, 5.41) is 11.4. The number of carbonyl (C=O) groups excluding carboxylic acids is 1. The quantitative estimate of drug-likeness (QED) is 0.672. The minimum absolute atomic E-state index is 0.111. The van der Waals surface area contributed by atoms with Crippen molar-refractivity contribution in [1.82, 2.24) is 5.32 Å². The Bertz CT molecular complexity index is 260. The molecule has 0 saturated heterocycles. The first-order valence-corrected chi connectivity index (χ1v) is 5.03. The number of carbonyl (C=O) groups is 2. The molecule has 1 rings (SSSR count). The van der Waals surface area contributed by atoms with Crippen LogP contribution in [-0.2, 0) is 14.3 Å². The maximum Gasteiger partial charge on any atom is 0.329 e. The summed E-state index contributed by atoms with van der Waals surface area (Å²) < 4.78 is 4.90. The molecule has 1 unspecified atom stereocenters. The Hall–Kier alpha value is -1.10. The number of hydrogen-bond acceptors (Lipinski definition) is 3. The number of methoxy groups -OCH3 is 1. The highest BCUT2D eigenvalue weighted by atomic mass is 16.5. The number of amides is 1. The third-order valence-electron chi connectivity index (χ3n) is 2.52. The molecule has 0 radical (unpaired) electrons. The molecule has 0 spiro atoms. The molecule has 1 atom stereocenters. The molecule has 15 heavy (non-hydrogen) atoms. The third-order valence-corrected chi connectivity index (χ3v) is 2.52. The van der Waals surface area contributed by atoms with Crippen molar-refractivity contribution in [2.75, 3.05) is 13.7 Å². The molecule has 5 heteroatoms. The van der Waals surface area contributed by atoms with E-state index in [1.165, 1.54) is 0 Å². The van der Waals surface area contributed by atoms with Gasteiger partial charge in [-0.25, -0.2) is 4.79 Å². The van der Waals surface area contributed by atoms with Crippen molar-refractivity contribution >= 4 is 11.9 Å². The van der Waals surface area contributed by atoms with Crippen molar-refractivity contribution < 1.29 is 19.4 Å². The fourth-order valence-electron chi connectivity index (χ4n) is 1.50. The van der Waals surface area contributed by atoms with Gasteiger partial charge in [-0.2, -0.15) is 0 Å². The maximum absolute atomic E-state index is 11.5. The molecule has 2 N–H and O–H groups in total. The van der Waals surface area contributed by atoms with Crippen LogP contribution in [0.15, 0.2) is 0 Å². The lowest BCUT2D eigenvalue weighted by Crippen LogP contribution is -2.43. The van der Waals surface area contributed by atoms with Gasteiger partial charge in [0.05, 0.1) is 0 Å². The molecule has 0 aromatic rings. The van der Waals surface area contributed by atoms with Crippen molar-refractivity contribution in [2.45, 2.75) is 31.7 Å². The smallest absolute Gasteiger partial charge is 0.329 e. The number of rotatable bonds is 6. The van der Waals surface area contributed by atoms with Crippen molar-refractivity contribution in [1.29, 1.82) is 0 Å². The van der Waals surface area contributed by atoms with Gasteiger partial charge in [0.1, 0.15) is 5.54 Å². The molecular formula is C10H17NO4. The van der Waals surface area contributed by atoms with E-state index in [1.54, 1.807) is 7.11 Å². The highest BCUT2D eigenvalue weighted by Gasteiger charge is 2.51. The molecule has 86 valence electrons. The van der Waals surface area contributed by atoms with Crippen LogP contribution in [0.3, 0.4) is 0 Å². The lowest BCUT2D eigenvalue weighted by atomic mass is 10.1. The SMILES string of the molecule is COCC(C)CC(=O)NC1(C(=O)O)CC1. The lowest BCUT2D eigenvalue weighted by Gasteiger charge is -2.14. The summed E-state index contributed by atoms with van der Waals surface area (Å²) in [6.07, 6.45) is 1.38. The zero-order valence-electron chi connectivity index (χ0n) is 9.08. The summed E-state index contributed by atoms with van der Waals surface area (Å²) in [6, 6.07) is 0. The number of aliphatic carboxylic acids is 1. The van der Waals surface area contributed by atoms with Gasteiger partial charge in [-0.1, -0.05) is 6.92 Å². The predicted octanol–water partition coefficient (Wildman–Crippen LogP) is 0.392. The van der Waals surface area contributed by atoms with E-state index in [0.29, 0.717) is 25.9 Å². The van der Waals surface area contributed by atoms with Gasteiger partial charge in [0.15, 0.2) is 0 Å². The third kappa shape index (κ3) is 3.20. The van der Waals surface area contributed by atoms with Gasteiger partial charge in [-0.3, -0.25) is 4.79 Å². The van der Waals surface area contributed by atoms with E-state index >= 15 is 0 Å². The molecule has 0 aliphatic heterocycles. The van der Waals surface area contributed by atoms with Crippen LogP contribution < -0.4 is 5.32 Å². The largest absolute Gasteiger partial charge is 0.480 e. The van der Waals surface area contributed by atoms with Crippen molar-refractivity contribution in [3.63, 3.8) is 0 Å². The van der Waals surface area contributed by atoms with Crippen LogP contribution in [0.25, 0.3) is 0 Å². The van der Waals surface area contributed by atoms with E-state index in [4.69, 9.17) is 9.84 Å². The van der Waals surface area contributed by atoms with Crippen LogP contribution in [0.2, 0.25) is 0 Å². The number of hydrogen-bond donors (Lipinski definition) is 2. The minimum Gasteiger partial charge on any atom is -0.480 e. The van der Waals surface area contributed by atoms with Gasteiger partial charge in [-0.15, -0.1) is 0 Å². The Morgan fingerprint density at radius 2 is 2.13 bits per heavy atom. The van der Waals surface area contributed by atoms with Gasteiger partial charge in [0.25, 0.3) is 0 Å². The van der Waals surface area contributed by atoms with Gasteiger partial charge in [0.2, 0.25) is 5.91 Å². The molecule has 1 aliphatic rings. The molecule has 1 fully saturated rings. The number of carboxylic acid groups (broad SMARTS) is 1. The standard InChI is InChI=1S/C10H17NO4/c1-7(6-15-2)5-8(12)11-10(3-4-10)9(13)14/h7H,3-6H2,1-2H3,(H,11,12)(H,13,14). The van der Waals surface area contributed by atoms with Crippen molar-refractivity contribution in [2.24, 2.45) is 5.92 Å². The number of nitrogens with one attached hydrogen (secondary N) is 1. The van der Waals surface area contributed by atoms with Crippen molar-refractivity contribution in [3.8, 4) is 0 Å². The second kappa shape index (κ2) is 4.61. The Morgan fingerprint density at radius 3 is 2.53 bits per heavy atom. The Labute approximate surface area is 88.8 Å². The highest BCUT2D eigenvalue weighted by molar-refractivity contribution is 5.89. The van der Waals surface area contributed by atoms with Gasteiger partial charge < -0.3 is 15.2 Å². The average Bonchev–Trinajstić information content (AvgIpc) is 2.85. The first-order chi connectivity index (χ1) is 7.00. The van der Waals surface area contributed by atoms with Crippen LogP contribution in [0.4, 0.5) is 0 Å². The molecule has 0 aromatic carbocycles. The molecule has 1 saturated carbocycles. The maximum atomic E-state index is 11.5. The monoisotopic (exact) mass is 215 g/mol.